The van der Waals surface area contributed by atoms with Crippen molar-refractivity contribution in [3.63, 3.8) is 0 Å². The number of hydrogen-bond donors (Lipinski definition) is 1. The highest BCUT2D eigenvalue weighted by molar-refractivity contribution is 7.92. The summed E-state index contributed by atoms with van der Waals surface area (Å²) in [6.45, 7) is 0.428. The molecular formula is C13H11ClN6O2S. The molecule has 3 heterocycles. The minimum absolute atomic E-state index is 0.401. The monoisotopic (exact) mass is 350 g/mol. The minimum Gasteiger partial charge on any atom is -0.299 e. The van der Waals surface area contributed by atoms with Gasteiger partial charge in [-0.1, -0.05) is 11.6 Å². The first-order chi connectivity index (χ1) is 10.9. The van der Waals surface area contributed by atoms with Crippen molar-refractivity contribution in [3.8, 4) is 17.1 Å². The van der Waals surface area contributed by atoms with Gasteiger partial charge in [-0.15, -0.1) is 0 Å². The van der Waals surface area contributed by atoms with Gasteiger partial charge in [0.1, 0.15) is 12.7 Å². The summed E-state index contributed by atoms with van der Waals surface area (Å²) in [4.78, 5) is 8.42. The molecule has 0 fully saturated rings. The third kappa shape index (κ3) is 2.37. The number of nitrogens with zero attached hydrogens (tertiary/aromatic N) is 5. The summed E-state index contributed by atoms with van der Waals surface area (Å²) >= 11 is 6.16. The van der Waals surface area contributed by atoms with Crippen LogP contribution in [0.15, 0.2) is 30.9 Å². The Balaban J connectivity index is 1.98. The highest BCUT2D eigenvalue weighted by Crippen LogP contribution is 2.34. The van der Waals surface area contributed by atoms with E-state index in [0.717, 1.165) is 23.2 Å². The summed E-state index contributed by atoms with van der Waals surface area (Å²) in [5, 5.41) is 4.61. The molecule has 0 saturated carbocycles. The van der Waals surface area contributed by atoms with Crippen LogP contribution in [0.4, 0.5) is 5.69 Å². The van der Waals surface area contributed by atoms with Crippen molar-refractivity contribution >= 4 is 27.3 Å². The van der Waals surface area contributed by atoms with Crippen LogP contribution >= 0.6 is 11.6 Å². The Hall–Kier alpha value is -2.39. The summed E-state index contributed by atoms with van der Waals surface area (Å²) in [5.74, 6) is 0.636. The lowest BCUT2D eigenvalue weighted by Crippen LogP contribution is -2.10. The van der Waals surface area contributed by atoms with Gasteiger partial charge in [0.05, 0.1) is 24.2 Å². The van der Waals surface area contributed by atoms with Crippen LogP contribution in [-0.2, 0) is 16.6 Å². The second kappa shape index (κ2) is 4.80. The van der Waals surface area contributed by atoms with Crippen molar-refractivity contribution in [2.24, 2.45) is 0 Å². The van der Waals surface area contributed by atoms with Crippen molar-refractivity contribution in [2.45, 2.75) is 6.54 Å². The normalized spacial score (nSPS) is 13.0. The fourth-order valence-corrected chi connectivity index (χ4v) is 3.38. The molecule has 1 aliphatic heterocycles. The molecule has 0 atom stereocenters. The maximum Gasteiger partial charge on any atom is 0.229 e. The highest BCUT2D eigenvalue weighted by Gasteiger charge is 2.23. The van der Waals surface area contributed by atoms with Crippen molar-refractivity contribution < 1.29 is 8.42 Å². The Labute approximate surface area is 136 Å². The zero-order valence-electron chi connectivity index (χ0n) is 11.9. The van der Waals surface area contributed by atoms with E-state index in [4.69, 9.17) is 11.6 Å². The van der Waals surface area contributed by atoms with Gasteiger partial charge < -0.3 is 0 Å². The number of imidazole rings is 1. The van der Waals surface area contributed by atoms with E-state index < -0.39 is 10.0 Å². The van der Waals surface area contributed by atoms with Gasteiger partial charge in [-0.25, -0.2) is 23.1 Å². The predicted molar refractivity (Wildman–Crippen MR) is 85.2 cm³/mol. The number of nitrogens with one attached hydrogen (secondary N) is 1. The molecule has 118 valence electrons. The maximum atomic E-state index is 11.5. The third-order valence-corrected chi connectivity index (χ3v) is 4.45. The Morgan fingerprint density at radius 3 is 2.91 bits per heavy atom. The molecule has 1 aliphatic rings. The zero-order valence-corrected chi connectivity index (χ0v) is 13.5. The van der Waals surface area contributed by atoms with Gasteiger partial charge >= 0.3 is 0 Å². The summed E-state index contributed by atoms with van der Waals surface area (Å²) in [6.07, 6.45) is 4.19. The molecule has 0 radical (unpaired) electrons. The standard InChI is InChI=1S/C13H11ClN6O2S/c1-23(21,22)18-8-2-3-10-9(4-8)13-15-6-17-20(13)5-11-12(14)16-7-19(10)11/h2-4,6-7,18H,5H2,1H3. The maximum absolute atomic E-state index is 11.5. The Morgan fingerprint density at radius 1 is 1.30 bits per heavy atom. The minimum atomic E-state index is -3.37. The van der Waals surface area contributed by atoms with Crippen LogP contribution in [0.5, 0.6) is 0 Å². The summed E-state index contributed by atoms with van der Waals surface area (Å²) in [6, 6.07) is 5.21. The van der Waals surface area contributed by atoms with Crippen LogP contribution in [0.1, 0.15) is 5.69 Å². The van der Waals surface area contributed by atoms with Crippen LogP contribution in [0.25, 0.3) is 17.1 Å². The van der Waals surface area contributed by atoms with E-state index in [2.05, 4.69) is 19.8 Å². The smallest absolute Gasteiger partial charge is 0.229 e. The molecule has 8 nitrogen and oxygen atoms in total. The first kappa shape index (κ1) is 14.2. The molecule has 0 bridgehead atoms. The van der Waals surface area contributed by atoms with Crippen molar-refractivity contribution in [3.05, 3.63) is 41.7 Å². The number of hydrogen-bond acceptors (Lipinski definition) is 5. The topological polar surface area (TPSA) is 94.7 Å². The SMILES string of the molecule is CS(=O)(=O)Nc1ccc2c(c1)-c1ncnn1Cc1c(Cl)ncn1-2. The highest BCUT2D eigenvalue weighted by atomic mass is 35.5. The number of anilines is 1. The molecule has 0 unspecified atom stereocenters. The molecule has 0 amide bonds. The lowest BCUT2D eigenvalue weighted by Gasteiger charge is -2.11. The molecule has 1 aromatic carbocycles. The van der Waals surface area contributed by atoms with Gasteiger partial charge in [-0.3, -0.25) is 9.29 Å². The molecular weight excluding hydrogens is 340 g/mol. The predicted octanol–water partition coefficient (Wildman–Crippen LogP) is 1.52. The number of benzene rings is 1. The summed E-state index contributed by atoms with van der Waals surface area (Å²) in [7, 11) is -3.37. The van der Waals surface area contributed by atoms with Gasteiger partial charge in [0.2, 0.25) is 10.0 Å². The van der Waals surface area contributed by atoms with E-state index in [1.807, 2.05) is 4.57 Å². The number of sulfonamides is 1. The average Bonchev–Trinajstić information content (AvgIpc) is 3.03. The van der Waals surface area contributed by atoms with E-state index in [-0.39, 0.29) is 0 Å². The molecule has 1 N–H and O–H groups in total. The van der Waals surface area contributed by atoms with Crippen LogP contribution in [0.2, 0.25) is 5.15 Å². The summed E-state index contributed by atoms with van der Waals surface area (Å²) in [5.41, 5.74) is 2.80. The average molecular weight is 351 g/mol. The third-order valence-electron chi connectivity index (χ3n) is 3.53. The van der Waals surface area contributed by atoms with Gasteiger partial charge in [-0.05, 0) is 18.2 Å². The number of fused-ring (bicyclic) bond motifs is 5. The van der Waals surface area contributed by atoms with Gasteiger partial charge in [-0.2, -0.15) is 5.10 Å². The van der Waals surface area contributed by atoms with Crippen molar-refractivity contribution in [1.29, 1.82) is 0 Å². The van der Waals surface area contributed by atoms with Gasteiger partial charge in [0.15, 0.2) is 11.0 Å². The fraction of sp³-hybridized carbons (Fsp3) is 0.154. The summed E-state index contributed by atoms with van der Waals surface area (Å²) < 4.78 is 28.9. The molecule has 10 heteroatoms. The van der Waals surface area contributed by atoms with E-state index >= 15 is 0 Å². The van der Waals surface area contributed by atoms with E-state index in [1.165, 1.54) is 6.33 Å². The van der Waals surface area contributed by atoms with E-state index in [0.29, 0.717) is 23.2 Å². The molecule has 23 heavy (non-hydrogen) atoms. The van der Waals surface area contributed by atoms with Crippen LogP contribution in [0, 0.1) is 0 Å². The fourth-order valence-electron chi connectivity index (χ4n) is 2.63. The first-order valence-corrected chi connectivity index (χ1v) is 8.91. The van der Waals surface area contributed by atoms with Crippen molar-refractivity contribution in [1.82, 2.24) is 24.3 Å². The molecule has 0 saturated heterocycles. The lowest BCUT2D eigenvalue weighted by molar-refractivity contribution is 0.607. The number of aromatic nitrogens is 5. The Bertz CT molecular complexity index is 1020. The second-order valence-electron chi connectivity index (χ2n) is 5.20. The van der Waals surface area contributed by atoms with E-state index in [9.17, 15) is 8.42 Å². The lowest BCUT2D eigenvalue weighted by atomic mass is 10.1. The van der Waals surface area contributed by atoms with E-state index in [1.54, 1.807) is 29.2 Å². The number of rotatable bonds is 2. The van der Waals surface area contributed by atoms with Crippen LogP contribution in [-0.4, -0.2) is 39.0 Å². The molecule has 3 aromatic rings. The Kier molecular flexibility index (Phi) is 2.97. The van der Waals surface area contributed by atoms with Crippen LogP contribution in [0.3, 0.4) is 0 Å². The molecule has 2 aromatic heterocycles. The largest absolute Gasteiger partial charge is 0.299 e. The van der Waals surface area contributed by atoms with Crippen molar-refractivity contribution in [2.75, 3.05) is 11.0 Å². The van der Waals surface area contributed by atoms with Gasteiger partial charge in [0, 0.05) is 11.3 Å². The Morgan fingerprint density at radius 2 is 2.13 bits per heavy atom. The number of halogens is 1. The molecule has 0 spiro atoms. The van der Waals surface area contributed by atoms with Gasteiger partial charge in [0.25, 0.3) is 0 Å². The quantitative estimate of drug-likeness (QED) is 0.591. The molecule has 0 aliphatic carbocycles. The molecule has 4 rings (SSSR count). The first-order valence-electron chi connectivity index (χ1n) is 6.64. The second-order valence-corrected chi connectivity index (χ2v) is 7.31. The zero-order chi connectivity index (χ0) is 16.2. The van der Waals surface area contributed by atoms with Crippen LogP contribution < -0.4 is 4.72 Å².